The number of aryl methyl sites for hydroxylation is 1. The topological polar surface area (TPSA) is 49.4 Å². The maximum absolute atomic E-state index is 13.2. The van der Waals surface area contributed by atoms with Crippen LogP contribution in [-0.2, 0) is 22.6 Å². The van der Waals surface area contributed by atoms with Crippen molar-refractivity contribution in [3.05, 3.63) is 71.0 Å². The SMILES string of the molecule is CC[C@H](C)NC(=O)[C@H](C)N(Cc1ccccc1C)C(=O)Cc1ccc(F)cc1. The highest BCUT2D eigenvalue weighted by Crippen LogP contribution is 2.16. The minimum atomic E-state index is -0.610. The van der Waals surface area contributed by atoms with Crippen molar-refractivity contribution in [2.24, 2.45) is 0 Å². The largest absolute Gasteiger partial charge is 0.352 e. The van der Waals surface area contributed by atoms with Crippen LogP contribution in [0.1, 0.15) is 43.9 Å². The zero-order chi connectivity index (χ0) is 20.7. The molecule has 0 heterocycles. The quantitative estimate of drug-likeness (QED) is 0.748. The van der Waals surface area contributed by atoms with Gasteiger partial charge in [0.05, 0.1) is 6.42 Å². The number of benzene rings is 2. The highest BCUT2D eigenvalue weighted by molar-refractivity contribution is 5.88. The van der Waals surface area contributed by atoms with Crippen molar-refractivity contribution in [3.63, 3.8) is 0 Å². The van der Waals surface area contributed by atoms with Crippen LogP contribution in [0.15, 0.2) is 48.5 Å². The molecule has 4 nitrogen and oxygen atoms in total. The van der Waals surface area contributed by atoms with Crippen molar-refractivity contribution < 1.29 is 14.0 Å². The molecule has 0 unspecified atom stereocenters. The molecule has 5 heteroatoms. The molecule has 2 aromatic carbocycles. The summed E-state index contributed by atoms with van der Waals surface area (Å²) < 4.78 is 13.2. The number of amides is 2. The number of carbonyl (C=O) groups excluding carboxylic acids is 2. The number of nitrogens with zero attached hydrogens (tertiary/aromatic N) is 1. The second-order valence-corrected chi connectivity index (χ2v) is 7.25. The first-order valence-corrected chi connectivity index (χ1v) is 9.70. The normalized spacial score (nSPS) is 12.9. The molecule has 0 aromatic heterocycles. The number of halogens is 1. The van der Waals surface area contributed by atoms with Crippen LogP contribution in [0, 0.1) is 12.7 Å². The van der Waals surface area contributed by atoms with Gasteiger partial charge in [-0.15, -0.1) is 0 Å². The van der Waals surface area contributed by atoms with Crippen molar-refractivity contribution >= 4 is 11.8 Å². The number of rotatable bonds is 8. The Balaban J connectivity index is 2.23. The molecule has 2 amide bonds. The van der Waals surface area contributed by atoms with Crippen LogP contribution in [-0.4, -0.2) is 28.8 Å². The van der Waals surface area contributed by atoms with E-state index in [4.69, 9.17) is 0 Å². The Bertz CT molecular complexity index is 805. The Kier molecular flexibility index (Phi) is 7.73. The molecule has 0 fully saturated rings. The van der Waals surface area contributed by atoms with Crippen LogP contribution < -0.4 is 5.32 Å². The third kappa shape index (κ3) is 5.91. The summed E-state index contributed by atoms with van der Waals surface area (Å²) in [7, 11) is 0. The second kappa shape index (κ2) is 10.0. The van der Waals surface area contributed by atoms with E-state index in [2.05, 4.69) is 5.32 Å². The van der Waals surface area contributed by atoms with Gasteiger partial charge in [-0.1, -0.05) is 43.3 Å². The molecule has 0 saturated heterocycles. The number of hydrogen-bond acceptors (Lipinski definition) is 2. The van der Waals surface area contributed by atoms with Gasteiger partial charge in [-0.25, -0.2) is 4.39 Å². The summed E-state index contributed by atoms with van der Waals surface area (Å²) in [6.45, 7) is 8.03. The van der Waals surface area contributed by atoms with Crippen molar-refractivity contribution in [1.82, 2.24) is 10.2 Å². The van der Waals surface area contributed by atoms with Gasteiger partial charge in [0, 0.05) is 12.6 Å². The van der Waals surface area contributed by atoms with Crippen LogP contribution in [0.5, 0.6) is 0 Å². The maximum atomic E-state index is 13.2. The van der Waals surface area contributed by atoms with E-state index in [-0.39, 0.29) is 30.1 Å². The molecule has 150 valence electrons. The summed E-state index contributed by atoms with van der Waals surface area (Å²) in [5.41, 5.74) is 2.78. The van der Waals surface area contributed by atoms with Crippen molar-refractivity contribution in [2.75, 3.05) is 0 Å². The number of carbonyl (C=O) groups is 2. The monoisotopic (exact) mass is 384 g/mol. The van der Waals surface area contributed by atoms with Gasteiger partial charge in [-0.3, -0.25) is 9.59 Å². The lowest BCUT2D eigenvalue weighted by molar-refractivity contribution is -0.140. The van der Waals surface area contributed by atoms with Gasteiger partial charge in [-0.2, -0.15) is 0 Å². The third-order valence-electron chi connectivity index (χ3n) is 5.04. The van der Waals surface area contributed by atoms with E-state index in [1.54, 1.807) is 24.0 Å². The molecule has 0 aliphatic rings. The van der Waals surface area contributed by atoms with Gasteiger partial charge < -0.3 is 10.2 Å². The number of nitrogens with one attached hydrogen (secondary N) is 1. The van der Waals surface area contributed by atoms with Crippen LogP contribution >= 0.6 is 0 Å². The van der Waals surface area contributed by atoms with E-state index in [1.165, 1.54) is 12.1 Å². The molecule has 2 atom stereocenters. The Hall–Kier alpha value is -2.69. The molecular weight excluding hydrogens is 355 g/mol. The summed E-state index contributed by atoms with van der Waals surface area (Å²) in [6.07, 6.45) is 0.937. The smallest absolute Gasteiger partial charge is 0.242 e. The van der Waals surface area contributed by atoms with Crippen LogP contribution in [0.2, 0.25) is 0 Å². The second-order valence-electron chi connectivity index (χ2n) is 7.25. The lowest BCUT2D eigenvalue weighted by Crippen LogP contribution is -2.50. The highest BCUT2D eigenvalue weighted by Gasteiger charge is 2.27. The highest BCUT2D eigenvalue weighted by atomic mass is 19.1. The van der Waals surface area contributed by atoms with Gasteiger partial charge in [0.2, 0.25) is 11.8 Å². The van der Waals surface area contributed by atoms with Crippen LogP contribution in [0.4, 0.5) is 4.39 Å². The average Bonchev–Trinajstić information content (AvgIpc) is 2.68. The van der Waals surface area contributed by atoms with E-state index >= 15 is 0 Å². The fourth-order valence-electron chi connectivity index (χ4n) is 2.90. The standard InChI is InChI=1S/C23H29FN2O2/c1-5-17(3)25-23(28)18(4)26(15-20-9-7-6-8-16(20)2)22(27)14-19-10-12-21(24)13-11-19/h6-13,17-18H,5,14-15H2,1-4H3,(H,25,28)/t17-,18-/m0/s1. The predicted molar refractivity (Wildman–Crippen MR) is 109 cm³/mol. The fourth-order valence-corrected chi connectivity index (χ4v) is 2.90. The molecule has 2 aromatic rings. The molecule has 0 bridgehead atoms. The Morgan fingerprint density at radius 3 is 2.32 bits per heavy atom. The zero-order valence-electron chi connectivity index (χ0n) is 17.0. The van der Waals surface area contributed by atoms with Gasteiger partial charge in [-0.05, 0) is 56.0 Å². The van der Waals surface area contributed by atoms with E-state index in [0.717, 1.165) is 23.1 Å². The van der Waals surface area contributed by atoms with E-state index < -0.39 is 6.04 Å². The van der Waals surface area contributed by atoms with Crippen molar-refractivity contribution in [3.8, 4) is 0 Å². The van der Waals surface area contributed by atoms with E-state index in [0.29, 0.717) is 6.54 Å². The Morgan fingerprint density at radius 2 is 1.71 bits per heavy atom. The molecular formula is C23H29FN2O2. The lowest BCUT2D eigenvalue weighted by atomic mass is 10.1. The average molecular weight is 384 g/mol. The molecule has 2 rings (SSSR count). The first-order valence-electron chi connectivity index (χ1n) is 9.70. The molecule has 0 aliphatic carbocycles. The first kappa shape index (κ1) is 21.6. The third-order valence-corrected chi connectivity index (χ3v) is 5.04. The van der Waals surface area contributed by atoms with Crippen molar-refractivity contribution in [1.29, 1.82) is 0 Å². The van der Waals surface area contributed by atoms with Crippen molar-refractivity contribution in [2.45, 2.75) is 59.2 Å². The Morgan fingerprint density at radius 1 is 1.07 bits per heavy atom. The molecule has 0 spiro atoms. The van der Waals surface area contributed by atoms with Gasteiger partial charge in [0.15, 0.2) is 0 Å². The summed E-state index contributed by atoms with van der Waals surface area (Å²) >= 11 is 0. The first-order chi connectivity index (χ1) is 13.3. The summed E-state index contributed by atoms with van der Waals surface area (Å²) in [5, 5.41) is 2.95. The maximum Gasteiger partial charge on any atom is 0.242 e. The van der Waals surface area contributed by atoms with Gasteiger partial charge in [0.1, 0.15) is 11.9 Å². The Labute approximate surface area is 166 Å². The summed E-state index contributed by atoms with van der Waals surface area (Å²) in [5.74, 6) is -0.675. The molecule has 1 N–H and O–H groups in total. The lowest BCUT2D eigenvalue weighted by Gasteiger charge is -2.30. The molecule has 0 aliphatic heterocycles. The van der Waals surface area contributed by atoms with Crippen LogP contribution in [0.3, 0.4) is 0 Å². The zero-order valence-corrected chi connectivity index (χ0v) is 17.0. The predicted octanol–water partition coefficient (Wildman–Crippen LogP) is 4.01. The van der Waals surface area contributed by atoms with Gasteiger partial charge >= 0.3 is 0 Å². The summed E-state index contributed by atoms with van der Waals surface area (Å²) in [6, 6.07) is 13.1. The molecule has 0 radical (unpaired) electrons. The number of hydrogen-bond donors (Lipinski definition) is 1. The minimum Gasteiger partial charge on any atom is -0.352 e. The molecule has 0 saturated carbocycles. The van der Waals surface area contributed by atoms with Gasteiger partial charge in [0.25, 0.3) is 0 Å². The van der Waals surface area contributed by atoms with E-state index in [9.17, 15) is 14.0 Å². The van der Waals surface area contributed by atoms with E-state index in [1.807, 2.05) is 45.0 Å². The minimum absolute atomic E-state index is 0.0439. The van der Waals surface area contributed by atoms with Crippen LogP contribution in [0.25, 0.3) is 0 Å². The summed E-state index contributed by atoms with van der Waals surface area (Å²) in [4.78, 5) is 27.3. The fraction of sp³-hybridized carbons (Fsp3) is 0.391. The molecule has 28 heavy (non-hydrogen) atoms.